The van der Waals surface area contributed by atoms with Crippen molar-refractivity contribution in [2.24, 2.45) is 7.05 Å². The number of hydrogen-bond acceptors (Lipinski definition) is 10. The zero-order valence-electron chi connectivity index (χ0n) is 17.2. The smallest absolute Gasteiger partial charge is 0.352 e. The third-order valence-corrected chi connectivity index (χ3v) is 7.47. The molecule has 2 aliphatic heterocycles. The fourth-order valence-electron chi connectivity index (χ4n) is 3.49. The number of tetrazole rings is 1. The van der Waals surface area contributed by atoms with Crippen molar-refractivity contribution in [3.63, 3.8) is 0 Å². The standard InChI is InChI=1S/C19H18N6O6S2/c1-24-19(21-22-23-24)33-8-11-7-32-17-12(16(28)25(17)13(11)18(29)30)20-15(27)14(31-9-26)10-5-3-2-4-6-10/h2-6,9,12,14,17H,7-8H2,1H3,(H,20,27)(H,29,30)/t12-,14?,17?/m0/s1. The third kappa shape index (κ3) is 4.43. The summed E-state index contributed by atoms with van der Waals surface area (Å²) in [7, 11) is 1.67. The van der Waals surface area contributed by atoms with Gasteiger partial charge in [0.15, 0.2) is 0 Å². The molecule has 14 heteroatoms. The Morgan fingerprint density at radius 3 is 2.79 bits per heavy atom. The molecule has 3 heterocycles. The summed E-state index contributed by atoms with van der Waals surface area (Å²) in [5.41, 5.74) is 0.910. The number of nitrogens with one attached hydrogen (secondary N) is 1. The zero-order chi connectivity index (χ0) is 23.5. The summed E-state index contributed by atoms with van der Waals surface area (Å²) in [6.45, 7) is 0.170. The summed E-state index contributed by atoms with van der Waals surface area (Å²) in [6, 6.07) is 7.45. The normalized spacial score (nSPS) is 20.5. The van der Waals surface area contributed by atoms with Crippen molar-refractivity contribution in [3.05, 3.63) is 47.2 Å². The maximum absolute atomic E-state index is 12.8. The molecule has 0 spiro atoms. The number of nitrogens with zero attached hydrogens (tertiary/aromatic N) is 5. The van der Waals surface area contributed by atoms with Crippen molar-refractivity contribution in [1.29, 1.82) is 0 Å². The number of carboxylic acid groups (broad SMARTS) is 1. The molecule has 2 N–H and O–H groups in total. The number of thioether (sulfide) groups is 2. The molecule has 1 aromatic heterocycles. The molecule has 4 rings (SSSR count). The van der Waals surface area contributed by atoms with Crippen LogP contribution in [0.4, 0.5) is 0 Å². The van der Waals surface area contributed by atoms with Gasteiger partial charge >= 0.3 is 5.97 Å². The molecule has 1 aromatic carbocycles. The Balaban J connectivity index is 1.48. The highest BCUT2D eigenvalue weighted by atomic mass is 32.2. The molecule has 0 aliphatic carbocycles. The van der Waals surface area contributed by atoms with E-state index in [-0.39, 0.29) is 12.2 Å². The molecular formula is C19H18N6O6S2. The molecule has 2 aliphatic rings. The van der Waals surface area contributed by atoms with E-state index in [1.807, 2.05) is 0 Å². The number of aromatic nitrogens is 4. The lowest BCUT2D eigenvalue weighted by molar-refractivity contribution is -0.154. The highest BCUT2D eigenvalue weighted by molar-refractivity contribution is 8.01. The van der Waals surface area contributed by atoms with Gasteiger partial charge in [-0.25, -0.2) is 9.48 Å². The number of rotatable bonds is 9. The van der Waals surface area contributed by atoms with Gasteiger partial charge in [0.05, 0.1) is 0 Å². The summed E-state index contributed by atoms with van der Waals surface area (Å²) in [5, 5.41) is 23.4. The lowest BCUT2D eigenvalue weighted by atomic mass is 10.0. The Bertz CT molecular complexity index is 1120. The van der Waals surface area contributed by atoms with Gasteiger partial charge in [0, 0.05) is 24.1 Å². The average molecular weight is 491 g/mol. The van der Waals surface area contributed by atoms with E-state index < -0.39 is 35.3 Å². The Morgan fingerprint density at radius 2 is 2.15 bits per heavy atom. The van der Waals surface area contributed by atoms with Crippen LogP contribution in [-0.4, -0.2) is 77.4 Å². The number of amides is 2. The van der Waals surface area contributed by atoms with Crippen LogP contribution in [0.1, 0.15) is 11.7 Å². The van der Waals surface area contributed by atoms with E-state index in [4.69, 9.17) is 4.74 Å². The summed E-state index contributed by atoms with van der Waals surface area (Å²) in [6.07, 6.45) is -1.22. The summed E-state index contributed by atoms with van der Waals surface area (Å²) < 4.78 is 6.40. The molecule has 1 saturated heterocycles. The summed E-state index contributed by atoms with van der Waals surface area (Å²) >= 11 is 2.61. The number of carbonyl (C=O) groups excluding carboxylic acids is 3. The van der Waals surface area contributed by atoms with Gasteiger partial charge in [-0.1, -0.05) is 42.1 Å². The molecular weight excluding hydrogens is 472 g/mol. The van der Waals surface area contributed by atoms with Crippen LogP contribution in [-0.2, 0) is 31.0 Å². The van der Waals surface area contributed by atoms with Gasteiger partial charge in [0.25, 0.3) is 18.3 Å². The van der Waals surface area contributed by atoms with Crippen molar-refractivity contribution < 1.29 is 29.0 Å². The first-order valence-electron chi connectivity index (χ1n) is 9.62. The maximum atomic E-state index is 12.8. The van der Waals surface area contributed by atoms with Crippen LogP contribution >= 0.6 is 23.5 Å². The van der Waals surface area contributed by atoms with Crippen LogP contribution in [0.15, 0.2) is 46.8 Å². The van der Waals surface area contributed by atoms with E-state index in [1.165, 1.54) is 33.1 Å². The molecule has 0 saturated carbocycles. The van der Waals surface area contributed by atoms with E-state index in [0.29, 0.717) is 27.8 Å². The van der Waals surface area contributed by atoms with Crippen LogP contribution < -0.4 is 5.32 Å². The fourth-order valence-corrected chi connectivity index (χ4v) is 5.83. The number of carbonyl (C=O) groups is 4. The second kappa shape index (κ2) is 9.62. The first-order chi connectivity index (χ1) is 15.9. The Labute approximate surface area is 195 Å². The van der Waals surface area contributed by atoms with Crippen LogP contribution in [0.2, 0.25) is 0 Å². The molecule has 172 valence electrons. The second-order valence-electron chi connectivity index (χ2n) is 7.05. The molecule has 2 aromatic rings. The predicted octanol–water partition coefficient (Wildman–Crippen LogP) is -0.0449. The zero-order valence-corrected chi connectivity index (χ0v) is 18.8. The number of aryl methyl sites for hydroxylation is 1. The third-order valence-electron chi connectivity index (χ3n) is 5.04. The van der Waals surface area contributed by atoms with E-state index in [2.05, 4.69) is 20.8 Å². The highest BCUT2D eigenvalue weighted by Gasteiger charge is 2.54. The van der Waals surface area contributed by atoms with Crippen molar-refractivity contribution in [1.82, 2.24) is 30.4 Å². The first kappa shape index (κ1) is 22.8. The van der Waals surface area contributed by atoms with Crippen LogP contribution in [0, 0.1) is 0 Å². The summed E-state index contributed by atoms with van der Waals surface area (Å²) in [5.74, 6) is -1.79. The maximum Gasteiger partial charge on any atom is 0.352 e. The number of benzene rings is 1. The Morgan fingerprint density at radius 1 is 1.39 bits per heavy atom. The SMILES string of the molecule is Cn1nnnc1SCC1=C(C(=O)O)N2C(=O)[C@H](NC(=O)C(OC=O)c3ccccc3)C2SC1. The Kier molecular flexibility index (Phi) is 6.65. The lowest BCUT2D eigenvalue weighted by Crippen LogP contribution is -2.71. The molecule has 2 unspecified atom stereocenters. The van der Waals surface area contributed by atoms with Crippen LogP contribution in [0.5, 0.6) is 0 Å². The average Bonchev–Trinajstić information content (AvgIpc) is 3.23. The minimum Gasteiger partial charge on any atom is -0.477 e. The van der Waals surface area contributed by atoms with Gasteiger partial charge in [-0.05, 0) is 16.0 Å². The van der Waals surface area contributed by atoms with E-state index in [9.17, 15) is 24.3 Å². The van der Waals surface area contributed by atoms with Gasteiger partial charge in [-0.2, -0.15) is 0 Å². The summed E-state index contributed by atoms with van der Waals surface area (Å²) in [4.78, 5) is 49.7. The lowest BCUT2D eigenvalue weighted by Gasteiger charge is -2.49. The predicted molar refractivity (Wildman–Crippen MR) is 116 cm³/mol. The van der Waals surface area contributed by atoms with Crippen molar-refractivity contribution in [2.45, 2.75) is 22.7 Å². The number of fused-ring (bicyclic) bond motifs is 1. The van der Waals surface area contributed by atoms with Crippen molar-refractivity contribution in [2.75, 3.05) is 11.5 Å². The minimum absolute atomic E-state index is 0.0966. The van der Waals surface area contributed by atoms with Gasteiger partial charge in [0.2, 0.25) is 11.3 Å². The van der Waals surface area contributed by atoms with Gasteiger partial charge in [-0.15, -0.1) is 16.9 Å². The number of hydrogen-bond donors (Lipinski definition) is 2. The van der Waals surface area contributed by atoms with Crippen LogP contribution in [0.25, 0.3) is 0 Å². The largest absolute Gasteiger partial charge is 0.477 e. The highest BCUT2D eigenvalue weighted by Crippen LogP contribution is 2.41. The molecule has 33 heavy (non-hydrogen) atoms. The molecule has 2 amide bonds. The number of β-lactam (4-membered cyclic amide) rings is 1. The first-order valence-corrected chi connectivity index (χ1v) is 11.7. The molecule has 3 atom stereocenters. The monoisotopic (exact) mass is 490 g/mol. The van der Waals surface area contributed by atoms with Crippen molar-refractivity contribution >= 4 is 47.8 Å². The number of aliphatic carboxylic acids is 1. The second-order valence-corrected chi connectivity index (χ2v) is 9.10. The van der Waals surface area contributed by atoms with E-state index in [0.717, 1.165) is 0 Å². The van der Waals surface area contributed by atoms with Gasteiger partial charge in [-0.3, -0.25) is 19.3 Å². The van der Waals surface area contributed by atoms with E-state index >= 15 is 0 Å². The molecule has 0 radical (unpaired) electrons. The topological polar surface area (TPSA) is 157 Å². The quantitative estimate of drug-likeness (QED) is 0.276. The van der Waals surface area contributed by atoms with E-state index in [1.54, 1.807) is 37.4 Å². The minimum atomic E-state index is -1.23. The molecule has 12 nitrogen and oxygen atoms in total. The molecule has 1 fully saturated rings. The number of ether oxygens (including phenoxy) is 1. The van der Waals surface area contributed by atoms with Crippen LogP contribution in [0.3, 0.4) is 0 Å². The number of carboxylic acids is 1. The van der Waals surface area contributed by atoms with Gasteiger partial charge < -0.3 is 15.2 Å². The Hall–Kier alpha value is -3.39. The van der Waals surface area contributed by atoms with Gasteiger partial charge in [0.1, 0.15) is 17.1 Å². The fraction of sp³-hybridized carbons (Fsp3) is 0.316. The van der Waals surface area contributed by atoms with Crippen molar-refractivity contribution in [3.8, 4) is 0 Å². The molecule has 0 bridgehead atoms.